The summed E-state index contributed by atoms with van der Waals surface area (Å²) in [6, 6.07) is 8.62. The van der Waals surface area contributed by atoms with Gasteiger partial charge in [-0.15, -0.1) is 11.3 Å². The van der Waals surface area contributed by atoms with Crippen molar-refractivity contribution in [3.8, 4) is 5.75 Å². The quantitative estimate of drug-likeness (QED) is 0.739. The van der Waals surface area contributed by atoms with Crippen LogP contribution in [0.15, 0.2) is 47.5 Å². The van der Waals surface area contributed by atoms with Crippen molar-refractivity contribution in [3.63, 3.8) is 0 Å². The van der Waals surface area contributed by atoms with Crippen LogP contribution in [0.1, 0.15) is 23.1 Å². The van der Waals surface area contributed by atoms with Gasteiger partial charge in [-0.1, -0.05) is 12.1 Å². The average Bonchev–Trinajstić information content (AvgIpc) is 3.25. The number of fused-ring (bicyclic) bond motifs is 1. The smallest absolute Gasteiger partial charge is 0.122 e. The Kier molecular flexibility index (Phi) is 3.85. The number of hydrogen-bond acceptors (Lipinski definition) is 5. The second kappa shape index (κ2) is 6.14. The summed E-state index contributed by atoms with van der Waals surface area (Å²) in [6.45, 7) is 2.55. The number of aromatic nitrogens is 3. The standard InChI is InChI=1S/C17H18N4OS/c1-22-15-4-2-3-13(7-15)16-9-20-6-5-18-17(20)10-21(16)8-14-11-23-12-19-14/h2-7,11-12,16H,8-10H2,1H3/t16-/m1/s1. The van der Waals surface area contributed by atoms with Crippen molar-refractivity contribution in [2.45, 2.75) is 25.7 Å². The van der Waals surface area contributed by atoms with Gasteiger partial charge in [-0.25, -0.2) is 9.97 Å². The third kappa shape index (κ3) is 2.87. The van der Waals surface area contributed by atoms with Crippen LogP contribution in [0.25, 0.3) is 0 Å². The minimum Gasteiger partial charge on any atom is -0.497 e. The van der Waals surface area contributed by atoms with Gasteiger partial charge < -0.3 is 9.30 Å². The zero-order chi connectivity index (χ0) is 15.6. The van der Waals surface area contributed by atoms with Gasteiger partial charge in [0.05, 0.1) is 30.9 Å². The molecular weight excluding hydrogens is 308 g/mol. The number of nitrogens with zero attached hydrogens (tertiary/aromatic N) is 4. The molecule has 0 spiro atoms. The molecule has 0 fully saturated rings. The fourth-order valence-corrected chi connectivity index (χ4v) is 3.66. The van der Waals surface area contributed by atoms with Gasteiger partial charge in [-0.3, -0.25) is 4.90 Å². The molecule has 0 saturated carbocycles. The van der Waals surface area contributed by atoms with Crippen LogP contribution in [0.3, 0.4) is 0 Å². The molecule has 0 bridgehead atoms. The van der Waals surface area contributed by atoms with Crippen LogP contribution >= 0.6 is 11.3 Å². The molecule has 1 atom stereocenters. The molecule has 2 aromatic heterocycles. The molecule has 0 N–H and O–H groups in total. The molecule has 1 aliphatic heterocycles. The lowest BCUT2D eigenvalue weighted by atomic mass is 10.0. The van der Waals surface area contributed by atoms with Crippen LogP contribution in [0.5, 0.6) is 5.75 Å². The van der Waals surface area contributed by atoms with Gasteiger partial charge in [0.2, 0.25) is 0 Å². The summed E-state index contributed by atoms with van der Waals surface area (Å²) in [5.41, 5.74) is 4.27. The maximum absolute atomic E-state index is 5.39. The summed E-state index contributed by atoms with van der Waals surface area (Å²) in [6.07, 6.45) is 3.94. The highest BCUT2D eigenvalue weighted by Gasteiger charge is 2.28. The fraction of sp³-hybridized carbons (Fsp3) is 0.294. The normalized spacial score (nSPS) is 17.9. The van der Waals surface area contributed by atoms with Gasteiger partial charge >= 0.3 is 0 Å². The van der Waals surface area contributed by atoms with Crippen LogP contribution in [-0.2, 0) is 19.6 Å². The van der Waals surface area contributed by atoms with E-state index in [-0.39, 0.29) is 6.04 Å². The molecule has 118 valence electrons. The van der Waals surface area contributed by atoms with Gasteiger partial charge in [0, 0.05) is 30.9 Å². The second-order valence-corrected chi connectivity index (χ2v) is 6.39. The average molecular weight is 326 g/mol. The van der Waals surface area contributed by atoms with E-state index >= 15 is 0 Å². The Balaban J connectivity index is 1.68. The monoisotopic (exact) mass is 326 g/mol. The maximum Gasteiger partial charge on any atom is 0.122 e. The summed E-state index contributed by atoms with van der Waals surface area (Å²) < 4.78 is 7.63. The Labute approximate surface area is 139 Å². The zero-order valence-electron chi connectivity index (χ0n) is 12.9. The summed E-state index contributed by atoms with van der Waals surface area (Å²) in [7, 11) is 1.71. The minimum atomic E-state index is 0.286. The second-order valence-electron chi connectivity index (χ2n) is 5.67. The van der Waals surface area contributed by atoms with E-state index in [1.807, 2.05) is 17.8 Å². The molecule has 3 heterocycles. The van der Waals surface area contributed by atoms with Gasteiger partial charge in [-0.05, 0) is 17.7 Å². The SMILES string of the molecule is COc1cccc([C@H]2Cn3ccnc3CN2Cc2cscn2)c1. The molecule has 23 heavy (non-hydrogen) atoms. The highest BCUT2D eigenvalue weighted by atomic mass is 32.1. The molecule has 4 rings (SSSR count). The van der Waals surface area contributed by atoms with Gasteiger partial charge in [0.25, 0.3) is 0 Å². The number of ether oxygens (including phenoxy) is 1. The number of imidazole rings is 1. The van der Waals surface area contributed by atoms with Gasteiger partial charge in [0.1, 0.15) is 11.6 Å². The van der Waals surface area contributed by atoms with Crippen molar-refractivity contribution in [3.05, 3.63) is 64.6 Å². The minimum absolute atomic E-state index is 0.286. The molecule has 1 aliphatic rings. The van der Waals surface area contributed by atoms with E-state index in [1.54, 1.807) is 18.4 Å². The number of methoxy groups -OCH3 is 1. The lowest BCUT2D eigenvalue weighted by molar-refractivity contribution is 0.127. The summed E-state index contributed by atoms with van der Waals surface area (Å²) in [5, 5.41) is 2.11. The molecule has 0 radical (unpaired) electrons. The zero-order valence-corrected chi connectivity index (χ0v) is 13.7. The first-order chi connectivity index (χ1) is 11.3. The van der Waals surface area contributed by atoms with Crippen molar-refractivity contribution in [2.24, 2.45) is 0 Å². The van der Waals surface area contributed by atoms with Crippen molar-refractivity contribution < 1.29 is 4.74 Å². The molecule has 0 amide bonds. The Hall–Kier alpha value is -2.18. The molecule has 3 aromatic rings. The molecular formula is C17H18N4OS. The number of rotatable bonds is 4. The van der Waals surface area contributed by atoms with E-state index < -0.39 is 0 Å². The van der Waals surface area contributed by atoms with E-state index in [1.165, 1.54) is 5.56 Å². The van der Waals surface area contributed by atoms with Crippen LogP contribution in [0.4, 0.5) is 0 Å². The van der Waals surface area contributed by atoms with E-state index in [2.05, 4.69) is 49.2 Å². The number of hydrogen-bond donors (Lipinski definition) is 0. The Morgan fingerprint density at radius 1 is 1.35 bits per heavy atom. The summed E-state index contributed by atoms with van der Waals surface area (Å²) >= 11 is 1.64. The maximum atomic E-state index is 5.39. The lowest BCUT2D eigenvalue weighted by Gasteiger charge is -2.36. The first-order valence-electron chi connectivity index (χ1n) is 7.58. The first-order valence-corrected chi connectivity index (χ1v) is 8.53. The van der Waals surface area contributed by atoms with Gasteiger partial charge in [0.15, 0.2) is 0 Å². The van der Waals surface area contributed by atoms with E-state index in [4.69, 9.17) is 4.74 Å². The van der Waals surface area contributed by atoms with Crippen LogP contribution in [-0.4, -0.2) is 26.5 Å². The van der Waals surface area contributed by atoms with Crippen molar-refractivity contribution in [1.82, 2.24) is 19.4 Å². The van der Waals surface area contributed by atoms with E-state index in [9.17, 15) is 0 Å². The van der Waals surface area contributed by atoms with Crippen LogP contribution in [0.2, 0.25) is 0 Å². The Morgan fingerprint density at radius 2 is 2.30 bits per heavy atom. The van der Waals surface area contributed by atoms with E-state index in [0.29, 0.717) is 0 Å². The highest BCUT2D eigenvalue weighted by Crippen LogP contribution is 2.32. The molecule has 0 saturated heterocycles. The molecule has 1 aromatic carbocycles. The summed E-state index contributed by atoms with van der Waals surface area (Å²) in [5.74, 6) is 2.01. The van der Waals surface area contributed by atoms with E-state index in [0.717, 1.165) is 36.9 Å². The first kappa shape index (κ1) is 14.4. The number of benzene rings is 1. The predicted molar refractivity (Wildman–Crippen MR) is 89.3 cm³/mol. The summed E-state index contributed by atoms with van der Waals surface area (Å²) in [4.78, 5) is 11.4. The molecule has 0 unspecified atom stereocenters. The molecule has 0 aliphatic carbocycles. The Bertz CT molecular complexity index is 784. The topological polar surface area (TPSA) is 43.2 Å². The molecule has 6 heteroatoms. The van der Waals surface area contributed by atoms with Crippen LogP contribution < -0.4 is 4.74 Å². The van der Waals surface area contributed by atoms with Crippen molar-refractivity contribution in [1.29, 1.82) is 0 Å². The third-order valence-electron chi connectivity index (χ3n) is 4.28. The number of thiazole rings is 1. The highest BCUT2D eigenvalue weighted by molar-refractivity contribution is 7.07. The lowest BCUT2D eigenvalue weighted by Crippen LogP contribution is -2.36. The Morgan fingerprint density at radius 3 is 3.13 bits per heavy atom. The molecule has 5 nitrogen and oxygen atoms in total. The predicted octanol–water partition coefficient (Wildman–Crippen LogP) is 3.11. The van der Waals surface area contributed by atoms with Crippen molar-refractivity contribution >= 4 is 11.3 Å². The van der Waals surface area contributed by atoms with Crippen LogP contribution in [0, 0.1) is 0 Å². The third-order valence-corrected chi connectivity index (χ3v) is 4.92. The van der Waals surface area contributed by atoms with Crippen molar-refractivity contribution in [2.75, 3.05) is 7.11 Å². The van der Waals surface area contributed by atoms with Gasteiger partial charge in [-0.2, -0.15) is 0 Å². The largest absolute Gasteiger partial charge is 0.497 e. The fourth-order valence-electron chi connectivity index (χ4n) is 3.11.